The van der Waals surface area contributed by atoms with Crippen LogP contribution >= 0.6 is 0 Å². The summed E-state index contributed by atoms with van der Waals surface area (Å²) in [6, 6.07) is 7.20. The molecule has 0 aromatic heterocycles. The van der Waals surface area contributed by atoms with E-state index in [0.717, 1.165) is 18.7 Å². The Balaban J connectivity index is 2.60. The molecule has 1 rings (SSSR count). The average Bonchev–Trinajstić information content (AvgIpc) is 2.40. The van der Waals surface area contributed by atoms with Crippen molar-refractivity contribution in [1.29, 1.82) is 0 Å². The highest BCUT2D eigenvalue weighted by atomic mass is 16.5. The van der Waals surface area contributed by atoms with Gasteiger partial charge in [0.1, 0.15) is 5.75 Å². The Bertz CT molecular complexity index is 369. The summed E-state index contributed by atoms with van der Waals surface area (Å²) in [5.74, 6) is 0.852. The van der Waals surface area contributed by atoms with E-state index < -0.39 is 0 Å². The number of ketones is 1. The molecule has 0 heterocycles. The van der Waals surface area contributed by atoms with Crippen LogP contribution in [0.4, 0.5) is 0 Å². The van der Waals surface area contributed by atoms with Crippen LogP contribution in [0.25, 0.3) is 0 Å². The lowest BCUT2D eigenvalue weighted by molar-refractivity contribution is 0.0915. The molecular weight excluding hydrogens is 242 g/mol. The quantitative estimate of drug-likeness (QED) is 0.694. The molecule has 4 nitrogen and oxygen atoms in total. The Kier molecular flexibility index (Phi) is 7.15. The first kappa shape index (κ1) is 15.7. The minimum Gasteiger partial charge on any atom is -0.494 e. The summed E-state index contributed by atoms with van der Waals surface area (Å²) >= 11 is 0. The van der Waals surface area contributed by atoms with Crippen LogP contribution < -0.4 is 4.74 Å². The van der Waals surface area contributed by atoms with Gasteiger partial charge in [0, 0.05) is 12.1 Å². The highest BCUT2D eigenvalue weighted by Gasteiger charge is 2.11. The third kappa shape index (κ3) is 5.41. The average molecular weight is 265 g/mol. The predicted molar refractivity (Wildman–Crippen MR) is 75.8 cm³/mol. The number of aliphatic hydroxyl groups excluding tert-OH is 1. The zero-order chi connectivity index (χ0) is 14.1. The molecule has 19 heavy (non-hydrogen) atoms. The van der Waals surface area contributed by atoms with Crippen molar-refractivity contribution in [3.05, 3.63) is 29.8 Å². The SMILES string of the molecule is CCCN(CCO)CC(=O)c1ccc(OCC)cc1. The lowest BCUT2D eigenvalue weighted by Crippen LogP contribution is -2.33. The van der Waals surface area contributed by atoms with Gasteiger partial charge in [0.05, 0.1) is 19.8 Å². The van der Waals surface area contributed by atoms with Crippen molar-refractivity contribution >= 4 is 5.78 Å². The fourth-order valence-corrected chi connectivity index (χ4v) is 1.93. The smallest absolute Gasteiger partial charge is 0.176 e. The summed E-state index contributed by atoms with van der Waals surface area (Å²) in [6.07, 6.45) is 0.969. The molecule has 0 saturated heterocycles. The van der Waals surface area contributed by atoms with Gasteiger partial charge < -0.3 is 9.84 Å². The van der Waals surface area contributed by atoms with Gasteiger partial charge in [0.25, 0.3) is 0 Å². The number of nitrogens with zero attached hydrogens (tertiary/aromatic N) is 1. The molecule has 4 heteroatoms. The summed E-state index contributed by atoms with van der Waals surface area (Å²) in [5.41, 5.74) is 0.683. The molecule has 0 amide bonds. The van der Waals surface area contributed by atoms with E-state index in [4.69, 9.17) is 9.84 Å². The highest BCUT2D eigenvalue weighted by molar-refractivity contribution is 5.97. The van der Waals surface area contributed by atoms with Crippen molar-refractivity contribution in [3.8, 4) is 5.75 Å². The second-order valence-electron chi connectivity index (χ2n) is 4.38. The monoisotopic (exact) mass is 265 g/mol. The second-order valence-corrected chi connectivity index (χ2v) is 4.38. The number of Topliss-reactive ketones (excluding diaryl/α,β-unsaturated/α-hetero) is 1. The van der Waals surface area contributed by atoms with Crippen molar-refractivity contribution in [2.45, 2.75) is 20.3 Å². The van der Waals surface area contributed by atoms with E-state index in [2.05, 4.69) is 6.92 Å². The van der Waals surface area contributed by atoms with Gasteiger partial charge in [-0.05, 0) is 44.2 Å². The third-order valence-corrected chi connectivity index (χ3v) is 2.81. The van der Waals surface area contributed by atoms with E-state index in [1.165, 1.54) is 0 Å². The minimum atomic E-state index is 0.0740. The zero-order valence-electron chi connectivity index (χ0n) is 11.8. The summed E-state index contributed by atoms with van der Waals surface area (Å²) < 4.78 is 5.34. The Hall–Kier alpha value is -1.39. The van der Waals surface area contributed by atoms with Crippen LogP contribution in [0.3, 0.4) is 0 Å². The van der Waals surface area contributed by atoms with Gasteiger partial charge in [0.15, 0.2) is 5.78 Å². The van der Waals surface area contributed by atoms with Crippen LogP contribution in [0.15, 0.2) is 24.3 Å². The van der Waals surface area contributed by atoms with Gasteiger partial charge in [-0.2, -0.15) is 0 Å². The van der Waals surface area contributed by atoms with E-state index in [1.54, 1.807) is 12.1 Å². The molecule has 0 bridgehead atoms. The standard InChI is InChI=1S/C15H23NO3/c1-3-9-16(10-11-17)12-15(18)13-5-7-14(8-6-13)19-4-2/h5-8,17H,3-4,9-12H2,1-2H3. The molecule has 106 valence electrons. The van der Waals surface area contributed by atoms with Gasteiger partial charge in [0.2, 0.25) is 0 Å². The first-order valence-electron chi connectivity index (χ1n) is 6.80. The van der Waals surface area contributed by atoms with Crippen molar-refractivity contribution in [2.75, 3.05) is 32.8 Å². The molecule has 0 saturated carbocycles. The number of carbonyl (C=O) groups excluding carboxylic acids is 1. The summed E-state index contributed by atoms with van der Waals surface area (Å²) in [7, 11) is 0. The summed E-state index contributed by atoms with van der Waals surface area (Å²) in [5, 5.41) is 8.97. The van der Waals surface area contributed by atoms with Crippen LogP contribution in [0.5, 0.6) is 5.75 Å². The number of benzene rings is 1. The van der Waals surface area contributed by atoms with Crippen LogP contribution in [0.2, 0.25) is 0 Å². The molecular formula is C15H23NO3. The summed E-state index contributed by atoms with van der Waals surface area (Å²) in [4.78, 5) is 14.1. The lowest BCUT2D eigenvalue weighted by atomic mass is 10.1. The number of hydrogen-bond acceptors (Lipinski definition) is 4. The topological polar surface area (TPSA) is 49.8 Å². The molecule has 0 spiro atoms. The number of aliphatic hydroxyl groups is 1. The molecule has 0 atom stereocenters. The first-order chi connectivity index (χ1) is 9.21. The van der Waals surface area contributed by atoms with Crippen LogP contribution in [0, 0.1) is 0 Å². The third-order valence-electron chi connectivity index (χ3n) is 2.81. The molecule has 0 aliphatic carbocycles. The maximum atomic E-state index is 12.1. The number of carbonyl (C=O) groups is 1. The van der Waals surface area contributed by atoms with Gasteiger partial charge in [-0.3, -0.25) is 9.69 Å². The Labute approximate surface area is 115 Å². The Morgan fingerprint density at radius 2 is 1.89 bits per heavy atom. The minimum absolute atomic E-state index is 0.0740. The molecule has 0 unspecified atom stereocenters. The van der Waals surface area contributed by atoms with E-state index in [0.29, 0.717) is 25.3 Å². The highest BCUT2D eigenvalue weighted by Crippen LogP contribution is 2.13. The molecule has 0 radical (unpaired) electrons. The van der Waals surface area contributed by atoms with E-state index in [9.17, 15) is 4.79 Å². The van der Waals surface area contributed by atoms with Crippen LogP contribution in [-0.2, 0) is 0 Å². The Morgan fingerprint density at radius 1 is 1.21 bits per heavy atom. The van der Waals surface area contributed by atoms with E-state index in [1.807, 2.05) is 24.0 Å². The van der Waals surface area contributed by atoms with Crippen molar-refractivity contribution in [3.63, 3.8) is 0 Å². The molecule has 1 aromatic carbocycles. The van der Waals surface area contributed by atoms with E-state index >= 15 is 0 Å². The van der Waals surface area contributed by atoms with Crippen molar-refractivity contribution < 1.29 is 14.6 Å². The van der Waals surface area contributed by atoms with Crippen LogP contribution in [-0.4, -0.2) is 48.6 Å². The maximum absolute atomic E-state index is 12.1. The largest absolute Gasteiger partial charge is 0.494 e. The van der Waals surface area contributed by atoms with Gasteiger partial charge >= 0.3 is 0 Å². The molecule has 0 aliphatic rings. The fourth-order valence-electron chi connectivity index (χ4n) is 1.93. The lowest BCUT2D eigenvalue weighted by Gasteiger charge is -2.19. The Morgan fingerprint density at radius 3 is 2.42 bits per heavy atom. The molecule has 0 aliphatic heterocycles. The molecule has 1 aromatic rings. The van der Waals surface area contributed by atoms with Gasteiger partial charge in [-0.1, -0.05) is 6.92 Å². The molecule has 1 N–H and O–H groups in total. The van der Waals surface area contributed by atoms with Gasteiger partial charge in [-0.15, -0.1) is 0 Å². The van der Waals surface area contributed by atoms with Crippen LogP contribution in [0.1, 0.15) is 30.6 Å². The molecule has 0 fully saturated rings. The normalized spacial score (nSPS) is 10.7. The maximum Gasteiger partial charge on any atom is 0.176 e. The van der Waals surface area contributed by atoms with Gasteiger partial charge in [-0.25, -0.2) is 0 Å². The summed E-state index contributed by atoms with van der Waals surface area (Å²) in [6.45, 7) is 6.40. The van der Waals surface area contributed by atoms with Crippen molar-refractivity contribution in [2.24, 2.45) is 0 Å². The zero-order valence-corrected chi connectivity index (χ0v) is 11.8. The van der Waals surface area contributed by atoms with E-state index in [-0.39, 0.29) is 12.4 Å². The number of rotatable bonds is 9. The second kappa shape index (κ2) is 8.67. The van der Waals surface area contributed by atoms with Crippen molar-refractivity contribution in [1.82, 2.24) is 4.90 Å². The first-order valence-corrected chi connectivity index (χ1v) is 6.80. The number of ether oxygens (including phenoxy) is 1. The fraction of sp³-hybridized carbons (Fsp3) is 0.533. The number of hydrogen-bond donors (Lipinski definition) is 1. The predicted octanol–water partition coefficient (Wildman–Crippen LogP) is 1.97.